The summed E-state index contributed by atoms with van der Waals surface area (Å²) in [6.45, 7) is 3.96. The van der Waals surface area contributed by atoms with Crippen molar-refractivity contribution in [3.05, 3.63) is 23.8 Å². The van der Waals surface area contributed by atoms with Gasteiger partial charge in [0.1, 0.15) is 0 Å². The van der Waals surface area contributed by atoms with E-state index in [0.29, 0.717) is 5.92 Å². The molecule has 1 aliphatic carbocycles. The zero-order valence-electron chi connectivity index (χ0n) is 9.48. The zero-order chi connectivity index (χ0) is 11.9. The molecular weight excluding hydrogens is 210 g/mol. The molecular formula is C12H16F2N2. The molecule has 1 aliphatic rings. The average Bonchev–Trinajstić information content (AvgIpc) is 3.02. The first-order chi connectivity index (χ1) is 7.42. The summed E-state index contributed by atoms with van der Waals surface area (Å²) in [5, 5.41) is 3.02. The number of nitrogens with one attached hydrogen (secondary N) is 1. The van der Waals surface area contributed by atoms with Crippen LogP contribution in [0.15, 0.2) is 12.1 Å². The van der Waals surface area contributed by atoms with E-state index in [9.17, 15) is 8.78 Å². The molecule has 0 aliphatic heterocycles. The van der Waals surface area contributed by atoms with Crippen molar-refractivity contribution in [2.75, 3.05) is 11.1 Å². The van der Waals surface area contributed by atoms with Gasteiger partial charge >= 0.3 is 0 Å². The largest absolute Gasteiger partial charge is 0.397 e. The third-order valence-electron chi connectivity index (χ3n) is 3.17. The Morgan fingerprint density at radius 1 is 1.31 bits per heavy atom. The molecule has 0 aromatic heterocycles. The first kappa shape index (κ1) is 11.2. The van der Waals surface area contributed by atoms with E-state index >= 15 is 0 Å². The van der Waals surface area contributed by atoms with E-state index in [2.05, 4.69) is 5.32 Å². The minimum absolute atomic E-state index is 0.0805. The lowest BCUT2D eigenvalue weighted by molar-refractivity contribution is 0.477. The molecule has 3 N–H and O–H groups in total. The maximum atomic E-state index is 13.6. The summed E-state index contributed by atoms with van der Waals surface area (Å²) in [4.78, 5) is 0. The molecule has 0 amide bonds. The highest BCUT2D eigenvalue weighted by atomic mass is 19.2. The van der Waals surface area contributed by atoms with Crippen LogP contribution in [0.2, 0.25) is 0 Å². The summed E-state index contributed by atoms with van der Waals surface area (Å²) in [7, 11) is 0. The van der Waals surface area contributed by atoms with E-state index in [1.54, 1.807) is 0 Å². The molecule has 0 saturated heterocycles. The average molecular weight is 226 g/mol. The lowest BCUT2D eigenvalue weighted by Gasteiger charge is -2.28. The SMILES string of the molecule is CC(C)(Nc1c(N)ccc(F)c1F)C1CC1. The standard InChI is InChI=1S/C12H16F2N2/c1-12(2,7-3-4-7)16-11-9(15)6-5-8(13)10(11)14/h5-7,16H,3-4,15H2,1-2H3. The molecule has 88 valence electrons. The second-order valence-corrected chi connectivity index (χ2v) is 4.95. The zero-order valence-corrected chi connectivity index (χ0v) is 9.48. The van der Waals surface area contributed by atoms with Gasteiger partial charge in [-0.05, 0) is 44.7 Å². The molecule has 4 heteroatoms. The van der Waals surface area contributed by atoms with Gasteiger partial charge in [-0.1, -0.05) is 0 Å². The lowest BCUT2D eigenvalue weighted by Crippen LogP contribution is -2.34. The van der Waals surface area contributed by atoms with Crippen LogP contribution in [-0.4, -0.2) is 5.54 Å². The third-order valence-corrected chi connectivity index (χ3v) is 3.17. The van der Waals surface area contributed by atoms with Crippen molar-refractivity contribution in [2.45, 2.75) is 32.2 Å². The van der Waals surface area contributed by atoms with Gasteiger partial charge in [-0.25, -0.2) is 8.78 Å². The van der Waals surface area contributed by atoms with Gasteiger partial charge in [-0.3, -0.25) is 0 Å². The minimum Gasteiger partial charge on any atom is -0.397 e. The van der Waals surface area contributed by atoms with Crippen LogP contribution >= 0.6 is 0 Å². The van der Waals surface area contributed by atoms with Crippen molar-refractivity contribution in [1.82, 2.24) is 0 Å². The van der Waals surface area contributed by atoms with Crippen LogP contribution in [0, 0.1) is 17.6 Å². The second-order valence-electron chi connectivity index (χ2n) is 4.95. The van der Waals surface area contributed by atoms with Crippen LogP contribution in [0.4, 0.5) is 20.2 Å². The summed E-state index contributed by atoms with van der Waals surface area (Å²) in [5.74, 6) is -1.26. The van der Waals surface area contributed by atoms with E-state index in [0.717, 1.165) is 18.9 Å². The van der Waals surface area contributed by atoms with Crippen molar-refractivity contribution in [1.29, 1.82) is 0 Å². The normalized spacial score (nSPS) is 16.2. The number of anilines is 2. The number of hydrogen-bond donors (Lipinski definition) is 2. The van der Waals surface area contributed by atoms with Gasteiger partial charge in [0.2, 0.25) is 0 Å². The second kappa shape index (κ2) is 3.61. The predicted octanol–water partition coefficient (Wildman–Crippen LogP) is 3.15. The molecule has 0 atom stereocenters. The van der Waals surface area contributed by atoms with Crippen LogP contribution in [0.25, 0.3) is 0 Å². The van der Waals surface area contributed by atoms with Crippen molar-refractivity contribution >= 4 is 11.4 Å². The van der Waals surface area contributed by atoms with Gasteiger partial charge in [0.25, 0.3) is 0 Å². The van der Waals surface area contributed by atoms with Crippen LogP contribution in [-0.2, 0) is 0 Å². The van der Waals surface area contributed by atoms with Gasteiger partial charge in [-0.15, -0.1) is 0 Å². The minimum atomic E-state index is -0.895. The first-order valence-electron chi connectivity index (χ1n) is 5.43. The molecule has 0 unspecified atom stereocenters. The number of benzene rings is 1. The molecule has 16 heavy (non-hydrogen) atoms. The smallest absolute Gasteiger partial charge is 0.183 e. The van der Waals surface area contributed by atoms with Crippen molar-refractivity contribution in [3.8, 4) is 0 Å². The summed E-state index contributed by atoms with van der Waals surface area (Å²) in [6, 6.07) is 2.42. The van der Waals surface area contributed by atoms with Gasteiger partial charge in [0, 0.05) is 5.54 Å². The fraction of sp³-hybridized carbons (Fsp3) is 0.500. The van der Waals surface area contributed by atoms with E-state index in [4.69, 9.17) is 5.73 Å². The number of nitrogens with two attached hydrogens (primary N) is 1. The fourth-order valence-electron chi connectivity index (χ4n) is 1.92. The van der Waals surface area contributed by atoms with E-state index in [1.165, 1.54) is 6.07 Å². The summed E-state index contributed by atoms with van der Waals surface area (Å²) in [5.41, 5.74) is 5.73. The number of rotatable bonds is 3. The molecule has 0 spiro atoms. The monoisotopic (exact) mass is 226 g/mol. The molecule has 1 saturated carbocycles. The van der Waals surface area contributed by atoms with E-state index in [1.807, 2.05) is 13.8 Å². The van der Waals surface area contributed by atoms with Crippen LogP contribution in [0.5, 0.6) is 0 Å². The predicted molar refractivity (Wildman–Crippen MR) is 61.2 cm³/mol. The van der Waals surface area contributed by atoms with Crippen LogP contribution < -0.4 is 11.1 Å². The third kappa shape index (κ3) is 1.96. The number of halogens is 2. The molecule has 1 aromatic carbocycles. The maximum absolute atomic E-state index is 13.6. The van der Waals surface area contributed by atoms with Crippen LogP contribution in [0.1, 0.15) is 26.7 Å². The Morgan fingerprint density at radius 2 is 1.94 bits per heavy atom. The van der Waals surface area contributed by atoms with Gasteiger partial charge in [0.05, 0.1) is 11.4 Å². The van der Waals surface area contributed by atoms with Crippen molar-refractivity contribution < 1.29 is 8.78 Å². The number of nitrogen functional groups attached to an aromatic ring is 1. The summed E-state index contributed by atoms with van der Waals surface area (Å²) >= 11 is 0. The number of hydrogen-bond acceptors (Lipinski definition) is 2. The highest BCUT2D eigenvalue weighted by molar-refractivity contribution is 5.67. The Hall–Kier alpha value is -1.32. The Morgan fingerprint density at radius 3 is 2.50 bits per heavy atom. The Kier molecular flexibility index (Phi) is 2.52. The molecule has 2 rings (SSSR count). The Labute approximate surface area is 93.8 Å². The molecule has 2 nitrogen and oxygen atoms in total. The van der Waals surface area contributed by atoms with E-state index in [-0.39, 0.29) is 16.9 Å². The summed E-state index contributed by atoms with van der Waals surface area (Å²) in [6.07, 6.45) is 2.24. The van der Waals surface area contributed by atoms with Gasteiger partial charge < -0.3 is 11.1 Å². The molecule has 0 bridgehead atoms. The quantitative estimate of drug-likeness (QED) is 0.777. The van der Waals surface area contributed by atoms with Crippen LogP contribution in [0.3, 0.4) is 0 Å². The maximum Gasteiger partial charge on any atom is 0.183 e. The van der Waals surface area contributed by atoms with E-state index < -0.39 is 11.6 Å². The van der Waals surface area contributed by atoms with Gasteiger partial charge in [0.15, 0.2) is 11.6 Å². The summed E-state index contributed by atoms with van der Waals surface area (Å²) < 4.78 is 26.6. The Bertz CT molecular complexity index is 412. The van der Waals surface area contributed by atoms with Crippen molar-refractivity contribution in [2.24, 2.45) is 5.92 Å². The van der Waals surface area contributed by atoms with Gasteiger partial charge in [-0.2, -0.15) is 0 Å². The Balaban J connectivity index is 2.30. The highest BCUT2D eigenvalue weighted by Crippen LogP contribution is 2.42. The molecule has 1 fully saturated rings. The fourth-order valence-corrected chi connectivity index (χ4v) is 1.92. The first-order valence-corrected chi connectivity index (χ1v) is 5.43. The highest BCUT2D eigenvalue weighted by Gasteiger charge is 2.38. The topological polar surface area (TPSA) is 38.0 Å². The lowest BCUT2D eigenvalue weighted by atomic mass is 9.98. The van der Waals surface area contributed by atoms with Crippen molar-refractivity contribution in [3.63, 3.8) is 0 Å². The molecule has 0 radical (unpaired) electrons. The molecule has 1 aromatic rings. The molecule has 0 heterocycles.